The van der Waals surface area contributed by atoms with Crippen LogP contribution in [0, 0.1) is 0 Å². The Morgan fingerprint density at radius 3 is 2.50 bits per heavy atom. The lowest BCUT2D eigenvalue weighted by atomic mass is 10.3. The van der Waals surface area contributed by atoms with Gasteiger partial charge in [-0.25, -0.2) is 10.2 Å². The average molecular weight is 302 g/mol. The molecular formula is C9H8Cl2F3N3O. The fourth-order valence-corrected chi connectivity index (χ4v) is 1.42. The van der Waals surface area contributed by atoms with Gasteiger partial charge in [0.05, 0.1) is 10.7 Å². The summed E-state index contributed by atoms with van der Waals surface area (Å²) >= 11 is 11.4. The van der Waals surface area contributed by atoms with Gasteiger partial charge < -0.3 is 5.32 Å². The molecule has 0 heterocycles. The Balaban J connectivity index is 2.45. The van der Waals surface area contributed by atoms with Crippen molar-refractivity contribution >= 4 is 34.9 Å². The second kappa shape index (κ2) is 6.12. The summed E-state index contributed by atoms with van der Waals surface area (Å²) in [6.45, 7) is -1.34. The Morgan fingerprint density at radius 1 is 1.28 bits per heavy atom. The van der Waals surface area contributed by atoms with E-state index in [9.17, 15) is 18.0 Å². The summed E-state index contributed by atoms with van der Waals surface area (Å²) in [5, 5.41) is 2.80. The number of anilines is 1. The molecule has 1 rings (SSSR count). The van der Waals surface area contributed by atoms with Crippen LogP contribution < -0.4 is 16.2 Å². The van der Waals surface area contributed by atoms with E-state index < -0.39 is 18.8 Å². The zero-order valence-electron chi connectivity index (χ0n) is 8.74. The third-order valence-electron chi connectivity index (χ3n) is 1.67. The van der Waals surface area contributed by atoms with E-state index in [4.69, 9.17) is 23.2 Å². The van der Waals surface area contributed by atoms with Crippen molar-refractivity contribution in [1.29, 1.82) is 0 Å². The highest BCUT2D eigenvalue weighted by Gasteiger charge is 2.26. The standard InChI is InChI=1S/C9H8Cl2F3N3O/c10-5-1-2-7(6(11)3-5)16-8(18)17-15-4-9(12,13)14/h1-3,15H,4H2,(H2,16,17,18). The van der Waals surface area contributed by atoms with E-state index in [1.54, 1.807) is 5.43 Å². The van der Waals surface area contributed by atoms with Gasteiger partial charge in [-0.05, 0) is 18.2 Å². The van der Waals surface area contributed by atoms with Gasteiger partial charge in [0.2, 0.25) is 0 Å². The monoisotopic (exact) mass is 301 g/mol. The summed E-state index contributed by atoms with van der Waals surface area (Å²) in [7, 11) is 0. The molecule has 0 atom stereocenters. The Kier molecular flexibility index (Phi) is 5.06. The van der Waals surface area contributed by atoms with Crippen molar-refractivity contribution in [2.45, 2.75) is 6.18 Å². The minimum absolute atomic E-state index is 0.175. The van der Waals surface area contributed by atoms with Crippen molar-refractivity contribution < 1.29 is 18.0 Å². The van der Waals surface area contributed by atoms with Gasteiger partial charge in [0.15, 0.2) is 0 Å². The van der Waals surface area contributed by atoms with Gasteiger partial charge in [-0.2, -0.15) is 13.2 Å². The van der Waals surface area contributed by atoms with E-state index in [0.29, 0.717) is 5.02 Å². The number of nitrogens with one attached hydrogen (secondary N) is 3. The number of urea groups is 1. The number of hydrogen-bond acceptors (Lipinski definition) is 2. The third kappa shape index (κ3) is 5.44. The van der Waals surface area contributed by atoms with Crippen LogP contribution in [0.3, 0.4) is 0 Å². The lowest BCUT2D eigenvalue weighted by Crippen LogP contribution is -2.44. The fourth-order valence-electron chi connectivity index (χ4n) is 0.969. The zero-order chi connectivity index (χ0) is 13.8. The highest BCUT2D eigenvalue weighted by molar-refractivity contribution is 6.36. The maximum Gasteiger partial charge on any atom is 0.402 e. The van der Waals surface area contributed by atoms with Crippen LogP contribution in [0.2, 0.25) is 10.0 Å². The number of hydrogen-bond donors (Lipinski definition) is 3. The smallest absolute Gasteiger partial charge is 0.305 e. The van der Waals surface area contributed by atoms with Gasteiger partial charge in [-0.3, -0.25) is 5.43 Å². The predicted octanol–water partition coefficient (Wildman–Crippen LogP) is 3.18. The van der Waals surface area contributed by atoms with Gasteiger partial charge in [-0.15, -0.1) is 0 Å². The van der Waals surface area contributed by atoms with Gasteiger partial charge >= 0.3 is 12.2 Å². The molecule has 0 saturated carbocycles. The van der Waals surface area contributed by atoms with Gasteiger partial charge in [0, 0.05) is 5.02 Å². The molecule has 2 amide bonds. The van der Waals surface area contributed by atoms with Crippen molar-refractivity contribution in [3.8, 4) is 0 Å². The molecule has 9 heteroatoms. The summed E-state index contributed by atoms with van der Waals surface area (Å²) in [4.78, 5) is 11.2. The lowest BCUT2D eigenvalue weighted by molar-refractivity contribution is -0.125. The first-order valence-corrected chi connectivity index (χ1v) is 5.35. The molecule has 1 aromatic rings. The minimum Gasteiger partial charge on any atom is -0.305 e. The average Bonchev–Trinajstić information content (AvgIpc) is 2.20. The number of carbonyl (C=O) groups is 1. The van der Waals surface area contributed by atoms with Crippen LogP contribution in [0.15, 0.2) is 18.2 Å². The van der Waals surface area contributed by atoms with Crippen molar-refractivity contribution in [2.75, 3.05) is 11.9 Å². The van der Waals surface area contributed by atoms with Crippen LogP contribution in [0.5, 0.6) is 0 Å². The molecule has 0 bridgehead atoms. The molecule has 3 N–H and O–H groups in total. The maximum absolute atomic E-state index is 11.8. The number of amides is 2. The van der Waals surface area contributed by atoms with E-state index >= 15 is 0 Å². The van der Waals surface area contributed by atoms with E-state index in [0.717, 1.165) is 0 Å². The number of hydrazine groups is 1. The van der Waals surface area contributed by atoms with Crippen LogP contribution in [0.4, 0.5) is 23.7 Å². The molecule has 0 saturated heterocycles. The quantitative estimate of drug-likeness (QED) is 0.751. The SMILES string of the molecule is O=C(NNCC(F)(F)F)Nc1ccc(Cl)cc1Cl. The van der Waals surface area contributed by atoms with Gasteiger partial charge in [0.1, 0.15) is 6.54 Å². The van der Waals surface area contributed by atoms with E-state index in [1.165, 1.54) is 18.2 Å². The molecule has 100 valence electrons. The predicted molar refractivity (Wildman–Crippen MR) is 62.7 cm³/mol. The van der Waals surface area contributed by atoms with Gasteiger partial charge in [-0.1, -0.05) is 23.2 Å². The van der Waals surface area contributed by atoms with Crippen LogP contribution >= 0.6 is 23.2 Å². The van der Waals surface area contributed by atoms with Crippen LogP contribution in [0.1, 0.15) is 0 Å². The van der Waals surface area contributed by atoms with Crippen molar-refractivity contribution in [2.24, 2.45) is 0 Å². The second-order valence-electron chi connectivity index (χ2n) is 3.17. The Hall–Kier alpha value is -1.18. The first-order chi connectivity index (χ1) is 8.28. The molecule has 0 aliphatic carbocycles. The van der Waals surface area contributed by atoms with Crippen molar-refractivity contribution in [3.05, 3.63) is 28.2 Å². The van der Waals surface area contributed by atoms with Gasteiger partial charge in [0.25, 0.3) is 0 Å². The maximum atomic E-state index is 11.8. The molecule has 0 aromatic heterocycles. The highest BCUT2D eigenvalue weighted by Crippen LogP contribution is 2.25. The summed E-state index contributed by atoms with van der Waals surface area (Å²) in [5.41, 5.74) is 3.77. The van der Waals surface area contributed by atoms with E-state index in [-0.39, 0.29) is 10.7 Å². The summed E-state index contributed by atoms with van der Waals surface area (Å²) in [6.07, 6.45) is -4.41. The normalized spacial score (nSPS) is 11.2. The van der Waals surface area contributed by atoms with Crippen molar-refractivity contribution in [1.82, 2.24) is 10.9 Å². The molecule has 0 radical (unpaired) electrons. The molecule has 4 nitrogen and oxygen atoms in total. The third-order valence-corrected chi connectivity index (χ3v) is 2.22. The summed E-state index contributed by atoms with van der Waals surface area (Å²) in [5.74, 6) is 0. The number of benzene rings is 1. The van der Waals surface area contributed by atoms with Crippen molar-refractivity contribution in [3.63, 3.8) is 0 Å². The van der Waals surface area contributed by atoms with Crippen LogP contribution in [0.25, 0.3) is 0 Å². The van der Waals surface area contributed by atoms with Crippen LogP contribution in [-0.4, -0.2) is 18.8 Å². The number of halogens is 5. The molecule has 0 aliphatic heterocycles. The van der Waals surface area contributed by atoms with Crippen LogP contribution in [-0.2, 0) is 0 Å². The number of alkyl halides is 3. The molecule has 0 unspecified atom stereocenters. The second-order valence-corrected chi connectivity index (χ2v) is 4.02. The molecular weight excluding hydrogens is 294 g/mol. The zero-order valence-corrected chi connectivity index (χ0v) is 10.2. The first-order valence-electron chi connectivity index (χ1n) is 4.59. The molecule has 18 heavy (non-hydrogen) atoms. The first kappa shape index (κ1) is 14.9. The molecule has 1 aromatic carbocycles. The summed E-state index contributed by atoms with van der Waals surface area (Å²) in [6, 6.07) is 3.42. The summed E-state index contributed by atoms with van der Waals surface area (Å²) < 4.78 is 35.3. The Labute approximate surface area is 110 Å². The largest absolute Gasteiger partial charge is 0.402 e. The highest BCUT2D eigenvalue weighted by atomic mass is 35.5. The van der Waals surface area contributed by atoms with E-state index in [1.807, 2.05) is 5.43 Å². The Bertz CT molecular complexity index is 440. The topological polar surface area (TPSA) is 53.2 Å². The fraction of sp³-hybridized carbons (Fsp3) is 0.222. The minimum atomic E-state index is -4.41. The number of carbonyl (C=O) groups excluding carboxylic acids is 1. The lowest BCUT2D eigenvalue weighted by Gasteiger charge is -2.11. The van der Waals surface area contributed by atoms with E-state index in [2.05, 4.69) is 5.32 Å². The molecule has 0 spiro atoms. The Morgan fingerprint density at radius 2 is 1.94 bits per heavy atom. The number of rotatable bonds is 3. The molecule has 0 fully saturated rings. The molecule has 0 aliphatic rings.